The summed E-state index contributed by atoms with van der Waals surface area (Å²) >= 11 is 3.35. The van der Waals surface area contributed by atoms with E-state index in [2.05, 4.69) is 36.2 Å². The zero-order valence-electron chi connectivity index (χ0n) is 9.01. The minimum Gasteiger partial charge on any atom is -0.391 e. The molecule has 1 aromatic heterocycles. The van der Waals surface area contributed by atoms with Crippen LogP contribution in [0, 0.1) is 6.92 Å². The third-order valence-electron chi connectivity index (χ3n) is 2.11. The van der Waals surface area contributed by atoms with Crippen molar-refractivity contribution in [3.05, 3.63) is 45.9 Å². The molecular weight excluding hydrogens is 238 g/mol. The fourth-order valence-electron chi connectivity index (χ4n) is 1.34. The minimum absolute atomic E-state index is 0.0901. The monoisotopic (exact) mass is 251 g/mol. The van der Waals surface area contributed by atoms with Crippen LogP contribution < -0.4 is 0 Å². The van der Waals surface area contributed by atoms with Crippen molar-refractivity contribution in [3.8, 4) is 0 Å². The first-order chi connectivity index (χ1) is 7.78. The smallest absolute Gasteiger partial charge is 0.103 e. The Labute approximate surface area is 103 Å². The number of aliphatic hydroxyl groups excluding tert-OH is 1. The lowest BCUT2D eigenvalue weighted by Gasteiger charge is -2.00. The minimum atomic E-state index is 0.0901. The quantitative estimate of drug-likeness (QED) is 0.847. The Hall–Kier alpha value is -0.840. The Balaban J connectivity index is 1.96. The lowest BCUT2D eigenvalue weighted by atomic mass is 10.2. The van der Waals surface area contributed by atoms with Crippen molar-refractivity contribution >= 4 is 23.1 Å². The summed E-state index contributed by atoms with van der Waals surface area (Å²) in [6.07, 6.45) is 1.75. The standard InChI is InChI=1S/C12H13NOS2/c1-9-3-2-4-10(5-9)15-8-12-13-6-11(7-14)16-12/h2-6,14H,7-8H2,1H3. The maximum Gasteiger partial charge on any atom is 0.103 e. The van der Waals surface area contributed by atoms with Gasteiger partial charge in [0.25, 0.3) is 0 Å². The van der Waals surface area contributed by atoms with Gasteiger partial charge >= 0.3 is 0 Å². The third-order valence-corrected chi connectivity index (χ3v) is 4.28. The van der Waals surface area contributed by atoms with Crippen molar-refractivity contribution in [3.63, 3.8) is 0 Å². The van der Waals surface area contributed by atoms with E-state index in [0.717, 1.165) is 15.6 Å². The number of hydrogen-bond donors (Lipinski definition) is 1. The van der Waals surface area contributed by atoms with Gasteiger partial charge in [0.2, 0.25) is 0 Å². The summed E-state index contributed by atoms with van der Waals surface area (Å²) in [6, 6.07) is 8.44. The van der Waals surface area contributed by atoms with Crippen LogP contribution in [0.4, 0.5) is 0 Å². The fraction of sp³-hybridized carbons (Fsp3) is 0.250. The maximum absolute atomic E-state index is 8.94. The van der Waals surface area contributed by atoms with Gasteiger partial charge in [-0.2, -0.15) is 0 Å². The van der Waals surface area contributed by atoms with Gasteiger partial charge in [0.1, 0.15) is 5.01 Å². The molecule has 0 atom stereocenters. The van der Waals surface area contributed by atoms with Gasteiger partial charge in [-0.05, 0) is 19.1 Å². The largest absolute Gasteiger partial charge is 0.391 e. The van der Waals surface area contributed by atoms with Crippen molar-refractivity contribution < 1.29 is 5.11 Å². The SMILES string of the molecule is Cc1cccc(SCc2ncc(CO)s2)c1. The lowest BCUT2D eigenvalue weighted by molar-refractivity contribution is 0.285. The molecule has 1 heterocycles. The molecule has 0 unspecified atom stereocenters. The predicted molar refractivity (Wildman–Crippen MR) is 68.8 cm³/mol. The maximum atomic E-state index is 8.94. The van der Waals surface area contributed by atoms with E-state index in [-0.39, 0.29) is 6.61 Å². The van der Waals surface area contributed by atoms with Gasteiger partial charge in [0.15, 0.2) is 0 Å². The molecule has 0 aliphatic carbocycles. The first-order valence-electron chi connectivity index (χ1n) is 5.02. The predicted octanol–water partition coefficient (Wildman–Crippen LogP) is 3.24. The normalized spacial score (nSPS) is 10.6. The summed E-state index contributed by atoms with van der Waals surface area (Å²) in [5.74, 6) is 0.869. The number of hydrogen-bond acceptors (Lipinski definition) is 4. The van der Waals surface area contributed by atoms with Gasteiger partial charge in [0.05, 0.1) is 17.2 Å². The summed E-state index contributed by atoms with van der Waals surface area (Å²) in [7, 11) is 0. The molecule has 2 aromatic rings. The number of benzene rings is 1. The number of nitrogens with zero attached hydrogens (tertiary/aromatic N) is 1. The van der Waals surface area contributed by atoms with Crippen LogP contribution in [0.1, 0.15) is 15.4 Å². The molecule has 0 aliphatic heterocycles. The Morgan fingerprint density at radius 3 is 3.00 bits per heavy atom. The summed E-state index contributed by atoms with van der Waals surface area (Å²) in [4.78, 5) is 6.46. The molecule has 4 heteroatoms. The van der Waals surface area contributed by atoms with E-state index in [9.17, 15) is 0 Å². The zero-order chi connectivity index (χ0) is 11.4. The van der Waals surface area contributed by atoms with E-state index < -0.39 is 0 Å². The molecule has 1 N–H and O–H groups in total. The van der Waals surface area contributed by atoms with Crippen LogP contribution in [-0.4, -0.2) is 10.1 Å². The zero-order valence-corrected chi connectivity index (χ0v) is 10.6. The molecule has 0 spiro atoms. The topological polar surface area (TPSA) is 33.1 Å². The Morgan fingerprint density at radius 2 is 2.31 bits per heavy atom. The third kappa shape index (κ3) is 3.07. The van der Waals surface area contributed by atoms with E-state index in [4.69, 9.17) is 5.11 Å². The number of aliphatic hydroxyl groups is 1. The number of thiazole rings is 1. The van der Waals surface area contributed by atoms with E-state index in [1.165, 1.54) is 10.5 Å². The Bertz CT molecular complexity index is 468. The van der Waals surface area contributed by atoms with Gasteiger partial charge in [-0.15, -0.1) is 23.1 Å². The highest BCUT2D eigenvalue weighted by molar-refractivity contribution is 7.98. The summed E-state index contributed by atoms with van der Waals surface area (Å²) in [6.45, 7) is 2.18. The average Bonchev–Trinajstić information content (AvgIpc) is 2.74. The molecule has 0 bridgehead atoms. The second-order valence-electron chi connectivity index (χ2n) is 3.48. The van der Waals surface area contributed by atoms with E-state index >= 15 is 0 Å². The van der Waals surface area contributed by atoms with Gasteiger partial charge in [0, 0.05) is 11.1 Å². The second kappa shape index (κ2) is 5.48. The van der Waals surface area contributed by atoms with Crippen LogP contribution in [0.15, 0.2) is 35.4 Å². The van der Waals surface area contributed by atoms with Crippen molar-refractivity contribution in [1.82, 2.24) is 4.98 Å². The molecule has 2 rings (SSSR count). The number of aromatic nitrogens is 1. The van der Waals surface area contributed by atoms with Crippen LogP contribution in [0.5, 0.6) is 0 Å². The number of rotatable bonds is 4. The Morgan fingerprint density at radius 1 is 1.44 bits per heavy atom. The highest BCUT2D eigenvalue weighted by Crippen LogP contribution is 2.25. The van der Waals surface area contributed by atoms with E-state index in [1.807, 2.05) is 0 Å². The Kier molecular flexibility index (Phi) is 3.98. The molecule has 16 heavy (non-hydrogen) atoms. The highest BCUT2D eigenvalue weighted by Gasteiger charge is 2.02. The summed E-state index contributed by atoms with van der Waals surface area (Å²) < 4.78 is 0. The van der Waals surface area contributed by atoms with Gasteiger partial charge in [-0.25, -0.2) is 4.98 Å². The second-order valence-corrected chi connectivity index (χ2v) is 5.73. The molecule has 1 aromatic carbocycles. The molecule has 0 radical (unpaired) electrons. The number of thioether (sulfide) groups is 1. The molecule has 84 valence electrons. The van der Waals surface area contributed by atoms with Crippen molar-refractivity contribution in [2.75, 3.05) is 0 Å². The van der Waals surface area contributed by atoms with Crippen LogP contribution >= 0.6 is 23.1 Å². The molecule has 0 saturated carbocycles. The first-order valence-corrected chi connectivity index (χ1v) is 6.82. The van der Waals surface area contributed by atoms with Gasteiger partial charge in [-0.3, -0.25) is 0 Å². The van der Waals surface area contributed by atoms with Crippen LogP contribution in [-0.2, 0) is 12.4 Å². The van der Waals surface area contributed by atoms with E-state index in [0.29, 0.717) is 0 Å². The fourth-order valence-corrected chi connectivity index (χ4v) is 3.14. The van der Waals surface area contributed by atoms with Crippen molar-refractivity contribution in [1.29, 1.82) is 0 Å². The van der Waals surface area contributed by atoms with Gasteiger partial charge in [-0.1, -0.05) is 17.7 Å². The molecule has 0 aliphatic rings. The van der Waals surface area contributed by atoms with E-state index in [1.54, 1.807) is 29.3 Å². The molecule has 0 saturated heterocycles. The molecule has 2 nitrogen and oxygen atoms in total. The lowest BCUT2D eigenvalue weighted by Crippen LogP contribution is -1.78. The molecular formula is C12H13NOS2. The van der Waals surface area contributed by atoms with Crippen LogP contribution in [0.2, 0.25) is 0 Å². The van der Waals surface area contributed by atoms with Crippen LogP contribution in [0.25, 0.3) is 0 Å². The summed E-state index contributed by atoms with van der Waals surface area (Å²) in [5, 5.41) is 10.0. The van der Waals surface area contributed by atoms with Crippen LogP contribution in [0.3, 0.4) is 0 Å². The average molecular weight is 251 g/mol. The first kappa shape index (κ1) is 11.6. The summed E-state index contributed by atoms with van der Waals surface area (Å²) in [5.41, 5.74) is 1.28. The molecule has 0 amide bonds. The molecule has 0 fully saturated rings. The van der Waals surface area contributed by atoms with Gasteiger partial charge < -0.3 is 5.11 Å². The van der Waals surface area contributed by atoms with Crippen molar-refractivity contribution in [2.24, 2.45) is 0 Å². The highest BCUT2D eigenvalue weighted by atomic mass is 32.2. The van der Waals surface area contributed by atoms with Crippen molar-refractivity contribution in [2.45, 2.75) is 24.2 Å². The number of aryl methyl sites for hydroxylation is 1.